The average molecular weight is 289 g/mol. The molecule has 0 aromatic carbocycles. The first-order chi connectivity index (χ1) is 9.24. The van der Waals surface area contributed by atoms with Crippen molar-refractivity contribution in [2.24, 2.45) is 7.05 Å². The highest BCUT2D eigenvalue weighted by Gasteiger charge is 2.17. The lowest BCUT2D eigenvalue weighted by molar-refractivity contribution is 0.756. The van der Waals surface area contributed by atoms with E-state index in [1.165, 1.54) is 9.75 Å². The summed E-state index contributed by atoms with van der Waals surface area (Å²) in [6, 6.07) is 8.75. The fourth-order valence-electron chi connectivity index (χ4n) is 2.09. The van der Waals surface area contributed by atoms with Gasteiger partial charge in [-0.05, 0) is 29.8 Å². The minimum Gasteiger partial charge on any atom is -0.370 e. The zero-order valence-electron chi connectivity index (χ0n) is 10.8. The Morgan fingerprint density at radius 1 is 1.16 bits per heavy atom. The van der Waals surface area contributed by atoms with Gasteiger partial charge in [-0.25, -0.2) is 0 Å². The molecule has 3 nitrogen and oxygen atoms in total. The molecule has 3 aromatic rings. The molecule has 0 fully saturated rings. The molecule has 0 saturated heterocycles. The minimum atomic E-state index is 0.211. The highest BCUT2D eigenvalue weighted by molar-refractivity contribution is 7.11. The van der Waals surface area contributed by atoms with Gasteiger partial charge in [0.05, 0.1) is 17.4 Å². The summed E-state index contributed by atoms with van der Waals surface area (Å²) in [6.07, 6.45) is 2.03. The first-order valence-corrected chi connectivity index (χ1v) is 7.83. The number of hydrogen-bond donors (Lipinski definition) is 1. The third kappa shape index (κ3) is 2.57. The van der Waals surface area contributed by atoms with Gasteiger partial charge in [0, 0.05) is 23.0 Å². The second-order valence-electron chi connectivity index (χ2n) is 4.41. The summed E-state index contributed by atoms with van der Waals surface area (Å²) in [7, 11) is 1.95. The number of anilines is 1. The number of aryl methyl sites for hydroxylation is 2. The molecular weight excluding hydrogens is 274 g/mol. The summed E-state index contributed by atoms with van der Waals surface area (Å²) >= 11 is 3.56. The van der Waals surface area contributed by atoms with Gasteiger partial charge in [0.2, 0.25) is 0 Å². The van der Waals surface area contributed by atoms with Crippen LogP contribution in [0.5, 0.6) is 0 Å². The quantitative estimate of drug-likeness (QED) is 0.785. The molecule has 3 rings (SSSR count). The van der Waals surface area contributed by atoms with Gasteiger partial charge in [-0.3, -0.25) is 4.68 Å². The zero-order chi connectivity index (χ0) is 13.2. The molecule has 0 bridgehead atoms. The Morgan fingerprint density at radius 3 is 2.21 bits per heavy atom. The predicted molar refractivity (Wildman–Crippen MR) is 82.0 cm³/mol. The van der Waals surface area contributed by atoms with Crippen molar-refractivity contribution in [2.45, 2.75) is 13.0 Å². The van der Waals surface area contributed by atoms with Crippen molar-refractivity contribution in [1.29, 1.82) is 0 Å². The predicted octanol–water partition coefficient (Wildman–Crippen LogP) is 4.05. The molecule has 0 saturated carbocycles. The molecule has 5 heteroatoms. The van der Waals surface area contributed by atoms with Crippen LogP contribution in [-0.2, 0) is 7.05 Å². The van der Waals surface area contributed by atoms with Crippen LogP contribution in [0.2, 0.25) is 0 Å². The topological polar surface area (TPSA) is 29.9 Å². The SMILES string of the molecule is Cc1nn(C)cc1NC(c1cccs1)c1cccs1. The molecule has 3 aromatic heterocycles. The maximum atomic E-state index is 4.39. The van der Waals surface area contributed by atoms with Gasteiger partial charge in [0.25, 0.3) is 0 Å². The Hall–Kier alpha value is -1.59. The molecule has 0 aliphatic heterocycles. The first-order valence-electron chi connectivity index (χ1n) is 6.07. The van der Waals surface area contributed by atoms with Crippen LogP contribution in [0.25, 0.3) is 0 Å². The lowest BCUT2D eigenvalue weighted by atomic mass is 10.2. The van der Waals surface area contributed by atoms with E-state index in [1.807, 2.05) is 24.9 Å². The van der Waals surface area contributed by atoms with E-state index >= 15 is 0 Å². The Balaban J connectivity index is 1.95. The number of nitrogens with one attached hydrogen (secondary N) is 1. The molecule has 0 radical (unpaired) electrons. The van der Waals surface area contributed by atoms with Gasteiger partial charge in [-0.15, -0.1) is 22.7 Å². The van der Waals surface area contributed by atoms with Crippen molar-refractivity contribution in [3.05, 3.63) is 56.7 Å². The summed E-state index contributed by atoms with van der Waals surface area (Å²) in [4.78, 5) is 2.65. The summed E-state index contributed by atoms with van der Waals surface area (Å²) in [5.74, 6) is 0. The fraction of sp³-hybridized carbons (Fsp3) is 0.214. The summed E-state index contributed by atoms with van der Waals surface area (Å²) in [5.41, 5.74) is 2.12. The summed E-state index contributed by atoms with van der Waals surface area (Å²) in [5, 5.41) is 12.2. The van der Waals surface area contributed by atoms with E-state index < -0.39 is 0 Å². The van der Waals surface area contributed by atoms with Crippen LogP contribution in [-0.4, -0.2) is 9.78 Å². The molecule has 19 heavy (non-hydrogen) atoms. The highest BCUT2D eigenvalue weighted by Crippen LogP contribution is 2.32. The van der Waals surface area contributed by atoms with E-state index in [-0.39, 0.29) is 6.04 Å². The molecule has 0 aliphatic rings. The largest absolute Gasteiger partial charge is 0.370 e. The Morgan fingerprint density at radius 2 is 1.79 bits per heavy atom. The number of rotatable bonds is 4. The van der Waals surface area contributed by atoms with Gasteiger partial charge in [0.15, 0.2) is 0 Å². The number of aromatic nitrogens is 2. The van der Waals surface area contributed by atoms with Crippen LogP contribution >= 0.6 is 22.7 Å². The Bertz CT molecular complexity index is 604. The van der Waals surface area contributed by atoms with Gasteiger partial charge >= 0.3 is 0 Å². The number of thiophene rings is 2. The third-order valence-corrected chi connectivity index (χ3v) is 4.84. The van der Waals surface area contributed by atoms with Crippen LogP contribution in [0.3, 0.4) is 0 Å². The second-order valence-corrected chi connectivity index (χ2v) is 6.37. The minimum absolute atomic E-state index is 0.211. The Kier molecular flexibility index (Phi) is 3.40. The van der Waals surface area contributed by atoms with Crippen LogP contribution in [0, 0.1) is 6.92 Å². The fourth-order valence-corrected chi connectivity index (χ4v) is 3.75. The molecule has 0 unspecified atom stereocenters. The molecule has 0 amide bonds. The number of nitrogens with zero attached hydrogens (tertiary/aromatic N) is 2. The van der Waals surface area contributed by atoms with E-state index in [0.717, 1.165) is 11.4 Å². The van der Waals surface area contributed by atoms with Crippen LogP contribution in [0.4, 0.5) is 5.69 Å². The van der Waals surface area contributed by atoms with Crippen molar-refractivity contribution < 1.29 is 0 Å². The molecular formula is C14H15N3S2. The van der Waals surface area contributed by atoms with Gasteiger partial charge in [-0.1, -0.05) is 12.1 Å². The lowest BCUT2D eigenvalue weighted by Gasteiger charge is -2.16. The highest BCUT2D eigenvalue weighted by atomic mass is 32.1. The summed E-state index contributed by atoms with van der Waals surface area (Å²) in [6.45, 7) is 2.03. The molecule has 3 heterocycles. The van der Waals surface area contributed by atoms with Gasteiger partial charge in [0.1, 0.15) is 0 Å². The van der Waals surface area contributed by atoms with E-state index in [0.29, 0.717) is 0 Å². The normalized spacial score (nSPS) is 11.1. The third-order valence-electron chi connectivity index (χ3n) is 2.97. The maximum absolute atomic E-state index is 4.39. The molecule has 1 N–H and O–H groups in total. The van der Waals surface area contributed by atoms with Crippen molar-refractivity contribution >= 4 is 28.4 Å². The van der Waals surface area contributed by atoms with Crippen molar-refractivity contribution in [2.75, 3.05) is 5.32 Å². The van der Waals surface area contributed by atoms with E-state index in [9.17, 15) is 0 Å². The van der Waals surface area contributed by atoms with Gasteiger partial charge in [-0.2, -0.15) is 5.10 Å². The maximum Gasteiger partial charge on any atom is 0.0954 e. The van der Waals surface area contributed by atoms with Crippen LogP contribution in [0.15, 0.2) is 41.2 Å². The molecule has 98 valence electrons. The van der Waals surface area contributed by atoms with Crippen molar-refractivity contribution in [3.63, 3.8) is 0 Å². The van der Waals surface area contributed by atoms with Crippen LogP contribution in [0.1, 0.15) is 21.5 Å². The molecule has 0 aliphatic carbocycles. The van der Waals surface area contributed by atoms with Crippen molar-refractivity contribution in [3.8, 4) is 0 Å². The molecule has 0 spiro atoms. The first kappa shape index (κ1) is 12.4. The number of hydrogen-bond acceptors (Lipinski definition) is 4. The standard InChI is InChI=1S/C14H15N3S2/c1-10-11(9-17(2)16-10)15-14(12-5-3-7-18-12)13-6-4-8-19-13/h3-9,14-15H,1-2H3. The molecule has 0 atom stereocenters. The lowest BCUT2D eigenvalue weighted by Crippen LogP contribution is -2.09. The van der Waals surface area contributed by atoms with E-state index in [1.54, 1.807) is 22.7 Å². The van der Waals surface area contributed by atoms with Crippen LogP contribution < -0.4 is 5.32 Å². The van der Waals surface area contributed by atoms with Crippen molar-refractivity contribution in [1.82, 2.24) is 9.78 Å². The van der Waals surface area contributed by atoms with E-state index in [2.05, 4.69) is 45.4 Å². The summed E-state index contributed by atoms with van der Waals surface area (Å²) < 4.78 is 1.84. The Labute approximate surface area is 120 Å². The van der Waals surface area contributed by atoms with Gasteiger partial charge < -0.3 is 5.32 Å². The smallest absolute Gasteiger partial charge is 0.0954 e. The monoisotopic (exact) mass is 289 g/mol. The average Bonchev–Trinajstić information content (AvgIpc) is 3.08. The zero-order valence-corrected chi connectivity index (χ0v) is 12.5. The van der Waals surface area contributed by atoms with E-state index in [4.69, 9.17) is 0 Å². The second kappa shape index (κ2) is 5.19.